The van der Waals surface area contributed by atoms with E-state index in [-0.39, 0.29) is 13.0 Å². The maximum absolute atomic E-state index is 10.4. The van der Waals surface area contributed by atoms with Crippen molar-refractivity contribution in [3.63, 3.8) is 0 Å². The second-order valence-corrected chi connectivity index (χ2v) is 4.99. The van der Waals surface area contributed by atoms with Crippen molar-refractivity contribution in [3.8, 4) is 11.5 Å². The number of carboxylic acids is 1. The molecule has 1 N–H and O–H groups in total. The lowest BCUT2D eigenvalue weighted by molar-refractivity contribution is -0.137. The summed E-state index contributed by atoms with van der Waals surface area (Å²) in [6, 6.07) is 7.32. The second kappa shape index (κ2) is 8.72. The number of tetrazole rings is 1. The first-order valence-electron chi connectivity index (χ1n) is 7.42. The molecule has 8 heteroatoms. The van der Waals surface area contributed by atoms with E-state index in [9.17, 15) is 4.79 Å². The minimum Gasteiger partial charge on any atom is -0.497 e. The van der Waals surface area contributed by atoms with Crippen LogP contribution in [0.15, 0.2) is 24.3 Å². The van der Waals surface area contributed by atoms with Gasteiger partial charge < -0.3 is 14.6 Å². The molecule has 0 unspecified atom stereocenters. The lowest BCUT2D eigenvalue weighted by Crippen LogP contribution is -2.09. The summed E-state index contributed by atoms with van der Waals surface area (Å²) in [5.74, 6) is 1.27. The van der Waals surface area contributed by atoms with Crippen LogP contribution in [0, 0.1) is 0 Å². The third-order valence-electron chi connectivity index (χ3n) is 3.28. The van der Waals surface area contributed by atoms with Crippen LogP contribution in [0.1, 0.15) is 31.5 Å². The van der Waals surface area contributed by atoms with Crippen molar-refractivity contribution in [2.75, 3.05) is 7.11 Å². The van der Waals surface area contributed by atoms with Gasteiger partial charge >= 0.3 is 5.97 Å². The summed E-state index contributed by atoms with van der Waals surface area (Å²) in [6.07, 6.45) is 2.50. The normalized spacial score (nSPS) is 10.5. The van der Waals surface area contributed by atoms with Crippen LogP contribution >= 0.6 is 0 Å². The Bertz CT molecular complexity index is 629. The van der Waals surface area contributed by atoms with Crippen LogP contribution in [0.3, 0.4) is 0 Å². The third-order valence-corrected chi connectivity index (χ3v) is 3.28. The summed E-state index contributed by atoms with van der Waals surface area (Å²) in [7, 11) is 1.60. The van der Waals surface area contributed by atoms with Crippen LogP contribution in [0.2, 0.25) is 0 Å². The monoisotopic (exact) mass is 320 g/mol. The van der Waals surface area contributed by atoms with Gasteiger partial charge in [0.05, 0.1) is 7.11 Å². The molecule has 2 rings (SSSR count). The number of hydrogen-bond acceptors (Lipinski definition) is 6. The van der Waals surface area contributed by atoms with E-state index in [0.29, 0.717) is 24.5 Å². The Labute approximate surface area is 134 Å². The zero-order valence-electron chi connectivity index (χ0n) is 13.0. The molecule has 23 heavy (non-hydrogen) atoms. The Morgan fingerprint density at radius 2 is 2.09 bits per heavy atom. The van der Waals surface area contributed by atoms with Gasteiger partial charge in [0.15, 0.2) is 5.82 Å². The highest BCUT2D eigenvalue weighted by atomic mass is 16.5. The van der Waals surface area contributed by atoms with Gasteiger partial charge in [-0.1, -0.05) is 12.5 Å². The fourth-order valence-corrected chi connectivity index (χ4v) is 2.05. The maximum atomic E-state index is 10.4. The number of carboxylic acid groups (broad SMARTS) is 1. The van der Waals surface area contributed by atoms with Crippen LogP contribution in [0.5, 0.6) is 11.5 Å². The summed E-state index contributed by atoms with van der Waals surface area (Å²) in [4.78, 5) is 10.4. The van der Waals surface area contributed by atoms with Crippen molar-refractivity contribution < 1.29 is 19.4 Å². The quantitative estimate of drug-likeness (QED) is 0.667. The fraction of sp³-hybridized carbons (Fsp3) is 0.467. The van der Waals surface area contributed by atoms with Gasteiger partial charge in [-0.25, -0.2) is 4.68 Å². The molecule has 0 amide bonds. The van der Waals surface area contributed by atoms with E-state index in [1.807, 2.05) is 18.2 Å². The SMILES string of the molecule is COc1cccc(OCc2nnnn2CCCCCC(=O)O)c1. The molecule has 1 aromatic carbocycles. The van der Waals surface area contributed by atoms with E-state index in [0.717, 1.165) is 18.6 Å². The molecule has 1 aromatic heterocycles. The third kappa shape index (κ3) is 5.57. The number of carbonyl (C=O) groups is 1. The number of hydrogen-bond donors (Lipinski definition) is 1. The molecule has 124 valence electrons. The van der Waals surface area contributed by atoms with Gasteiger partial charge in [0, 0.05) is 19.0 Å². The van der Waals surface area contributed by atoms with Crippen LogP contribution in [-0.2, 0) is 17.9 Å². The Kier molecular flexibility index (Phi) is 6.34. The molecule has 0 bridgehead atoms. The van der Waals surface area contributed by atoms with E-state index in [4.69, 9.17) is 14.6 Å². The van der Waals surface area contributed by atoms with Crippen molar-refractivity contribution in [2.24, 2.45) is 0 Å². The first kappa shape index (κ1) is 16.7. The van der Waals surface area contributed by atoms with Crippen LogP contribution < -0.4 is 9.47 Å². The number of methoxy groups -OCH3 is 1. The van der Waals surface area contributed by atoms with Gasteiger partial charge in [0.2, 0.25) is 0 Å². The molecule has 2 aromatic rings. The number of aliphatic carboxylic acids is 1. The van der Waals surface area contributed by atoms with Gasteiger partial charge in [0.1, 0.15) is 18.1 Å². The van der Waals surface area contributed by atoms with Gasteiger partial charge in [-0.3, -0.25) is 4.79 Å². The molecular formula is C15H20N4O4. The fourth-order valence-electron chi connectivity index (χ4n) is 2.05. The molecule has 0 spiro atoms. The largest absolute Gasteiger partial charge is 0.497 e. The van der Waals surface area contributed by atoms with Crippen molar-refractivity contribution >= 4 is 5.97 Å². The first-order valence-corrected chi connectivity index (χ1v) is 7.42. The molecule has 0 saturated carbocycles. The highest BCUT2D eigenvalue weighted by Gasteiger charge is 2.07. The number of aryl methyl sites for hydroxylation is 1. The number of benzene rings is 1. The van der Waals surface area contributed by atoms with Gasteiger partial charge in [-0.05, 0) is 35.4 Å². The van der Waals surface area contributed by atoms with E-state index in [1.165, 1.54) is 0 Å². The number of rotatable bonds is 10. The average molecular weight is 320 g/mol. The summed E-state index contributed by atoms with van der Waals surface area (Å²) >= 11 is 0. The molecular weight excluding hydrogens is 300 g/mol. The lowest BCUT2D eigenvalue weighted by Gasteiger charge is -2.08. The number of aromatic nitrogens is 4. The minimum atomic E-state index is -0.764. The molecule has 1 heterocycles. The van der Waals surface area contributed by atoms with Crippen LogP contribution in [-0.4, -0.2) is 38.4 Å². The summed E-state index contributed by atoms with van der Waals surface area (Å²) in [6.45, 7) is 0.902. The van der Waals surface area contributed by atoms with Crippen molar-refractivity contribution in [3.05, 3.63) is 30.1 Å². The Hall–Kier alpha value is -2.64. The molecule has 0 saturated heterocycles. The zero-order valence-corrected chi connectivity index (χ0v) is 13.0. The molecule has 0 aliphatic rings. The standard InChI is InChI=1S/C15H20N4O4/c1-22-12-6-5-7-13(10-12)23-11-14-16-17-18-19(14)9-4-2-3-8-15(20)21/h5-7,10H,2-4,8-9,11H2,1H3,(H,20,21). The Balaban J connectivity index is 1.80. The smallest absolute Gasteiger partial charge is 0.303 e. The lowest BCUT2D eigenvalue weighted by atomic mass is 10.2. The van der Waals surface area contributed by atoms with Crippen molar-refractivity contribution in [1.82, 2.24) is 20.2 Å². The zero-order chi connectivity index (χ0) is 16.5. The molecule has 8 nitrogen and oxygen atoms in total. The first-order chi connectivity index (χ1) is 11.2. The number of nitrogens with zero attached hydrogens (tertiary/aromatic N) is 4. The molecule has 0 aliphatic heterocycles. The van der Waals surface area contributed by atoms with Crippen LogP contribution in [0.4, 0.5) is 0 Å². The van der Waals surface area contributed by atoms with Gasteiger partial charge in [-0.15, -0.1) is 5.10 Å². The van der Waals surface area contributed by atoms with Crippen molar-refractivity contribution in [1.29, 1.82) is 0 Å². The maximum Gasteiger partial charge on any atom is 0.303 e. The predicted octanol–water partition coefficient (Wildman–Crippen LogP) is 1.91. The number of unbranched alkanes of at least 4 members (excludes halogenated alkanes) is 2. The summed E-state index contributed by atoms with van der Waals surface area (Å²) < 4.78 is 12.5. The van der Waals surface area contributed by atoms with Gasteiger partial charge in [0.25, 0.3) is 0 Å². The minimum absolute atomic E-state index is 0.196. The van der Waals surface area contributed by atoms with E-state index < -0.39 is 5.97 Å². The summed E-state index contributed by atoms with van der Waals surface area (Å²) in [5, 5.41) is 20.1. The molecule has 0 atom stereocenters. The van der Waals surface area contributed by atoms with E-state index in [2.05, 4.69) is 15.5 Å². The predicted molar refractivity (Wildman–Crippen MR) is 81.2 cm³/mol. The highest BCUT2D eigenvalue weighted by molar-refractivity contribution is 5.66. The van der Waals surface area contributed by atoms with E-state index in [1.54, 1.807) is 17.9 Å². The summed E-state index contributed by atoms with van der Waals surface area (Å²) in [5.41, 5.74) is 0. The molecule has 0 fully saturated rings. The Morgan fingerprint density at radius 1 is 1.26 bits per heavy atom. The number of ether oxygens (including phenoxy) is 2. The van der Waals surface area contributed by atoms with Crippen molar-refractivity contribution in [2.45, 2.75) is 38.8 Å². The molecule has 0 radical (unpaired) electrons. The van der Waals surface area contributed by atoms with Crippen LogP contribution in [0.25, 0.3) is 0 Å². The molecule has 0 aliphatic carbocycles. The highest BCUT2D eigenvalue weighted by Crippen LogP contribution is 2.19. The van der Waals surface area contributed by atoms with E-state index >= 15 is 0 Å². The average Bonchev–Trinajstić information content (AvgIpc) is 3.00. The second-order valence-electron chi connectivity index (χ2n) is 4.99. The topological polar surface area (TPSA) is 99.4 Å². The Morgan fingerprint density at radius 3 is 2.87 bits per heavy atom. The van der Waals surface area contributed by atoms with Gasteiger partial charge in [-0.2, -0.15) is 0 Å².